The molecule has 1 atom stereocenters. The van der Waals surface area contributed by atoms with E-state index < -0.39 is 4.32 Å². The Kier molecular flexibility index (Phi) is 4.97. The molecule has 20 heavy (non-hydrogen) atoms. The van der Waals surface area contributed by atoms with Crippen LogP contribution >= 0.6 is 15.9 Å². The van der Waals surface area contributed by atoms with Crippen molar-refractivity contribution in [1.29, 1.82) is 0 Å². The smallest absolute Gasteiger partial charge is 0.249 e. The SMILES string of the molecule is CCCCCCCC1(Br)C(=O)Nc2ccccc2C1=O. The van der Waals surface area contributed by atoms with Crippen LogP contribution in [0.15, 0.2) is 24.3 Å². The number of fused-ring (bicyclic) bond motifs is 1. The van der Waals surface area contributed by atoms with E-state index in [1.54, 1.807) is 12.1 Å². The molecule has 0 saturated carbocycles. The van der Waals surface area contributed by atoms with E-state index in [0.29, 0.717) is 17.7 Å². The van der Waals surface area contributed by atoms with Crippen LogP contribution in [0.2, 0.25) is 0 Å². The highest BCUT2D eigenvalue weighted by Crippen LogP contribution is 2.37. The highest BCUT2D eigenvalue weighted by Gasteiger charge is 2.47. The number of hydrogen-bond acceptors (Lipinski definition) is 2. The summed E-state index contributed by atoms with van der Waals surface area (Å²) in [6, 6.07) is 7.17. The molecule has 0 saturated heterocycles. The molecule has 0 spiro atoms. The van der Waals surface area contributed by atoms with Crippen molar-refractivity contribution < 1.29 is 9.59 Å². The summed E-state index contributed by atoms with van der Waals surface area (Å²) in [5.74, 6) is -0.357. The zero-order valence-electron chi connectivity index (χ0n) is 11.7. The van der Waals surface area contributed by atoms with Crippen LogP contribution in [-0.4, -0.2) is 16.0 Å². The number of ketones is 1. The molecular weight excluding hydrogens is 318 g/mol. The fraction of sp³-hybridized carbons (Fsp3) is 0.500. The summed E-state index contributed by atoms with van der Waals surface area (Å²) in [4.78, 5) is 24.8. The summed E-state index contributed by atoms with van der Waals surface area (Å²) >= 11 is 3.40. The minimum Gasteiger partial charge on any atom is -0.324 e. The van der Waals surface area contributed by atoms with Gasteiger partial charge in [-0.15, -0.1) is 0 Å². The Bertz CT molecular complexity index is 515. The van der Waals surface area contributed by atoms with Gasteiger partial charge in [0.05, 0.1) is 5.69 Å². The van der Waals surface area contributed by atoms with Crippen LogP contribution in [-0.2, 0) is 4.79 Å². The monoisotopic (exact) mass is 337 g/mol. The normalized spacial score (nSPS) is 21.5. The molecular formula is C16H20BrNO2. The molecule has 1 amide bonds. The van der Waals surface area contributed by atoms with Crippen LogP contribution < -0.4 is 5.32 Å². The first kappa shape index (κ1) is 15.2. The van der Waals surface area contributed by atoms with E-state index >= 15 is 0 Å². The number of rotatable bonds is 6. The number of hydrogen-bond donors (Lipinski definition) is 1. The van der Waals surface area contributed by atoms with Crippen molar-refractivity contribution in [2.45, 2.75) is 49.8 Å². The Morgan fingerprint density at radius 1 is 1.10 bits per heavy atom. The number of anilines is 1. The molecule has 108 valence electrons. The van der Waals surface area contributed by atoms with Gasteiger partial charge in [0.25, 0.3) is 0 Å². The van der Waals surface area contributed by atoms with Crippen molar-refractivity contribution in [2.75, 3.05) is 5.32 Å². The van der Waals surface area contributed by atoms with Gasteiger partial charge in [0.2, 0.25) is 5.91 Å². The third-order valence-electron chi connectivity index (χ3n) is 3.76. The topological polar surface area (TPSA) is 46.2 Å². The summed E-state index contributed by atoms with van der Waals surface area (Å²) in [5.41, 5.74) is 1.21. The van der Waals surface area contributed by atoms with Gasteiger partial charge < -0.3 is 5.32 Å². The Morgan fingerprint density at radius 3 is 2.55 bits per heavy atom. The minimum absolute atomic E-state index is 0.118. The number of para-hydroxylation sites is 1. The van der Waals surface area contributed by atoms with Crippen LogP contribution in [0.3, 0.4) is 0 Å². The summed E-state index contributed by atoms with van der Waals surface area (Å²) in [7, 11) is 0. The minimum atomic E-state index is -1.09. The molecule has 0 fully saturated rings. The van der Waals surface area contributed by atoms with Gasteiger partial charge in [-0.05, 0) is 18.6 Å². The predicted molar refractivity (Wildman–Crippen MR) is 84.4 cm³/mol. The van der Waals surface area contributed by atoms with Crippen molar-refractivity contribution in [2.24, 2.45) is 0 Å². The van der Waals surface area contributed by atoms with Crippen LogP contribution in [0.1, 0.15) is 55.8 Å². The van der Waals surface area contributed by atoms with Crippen LogP contribution in [0.4, 0.5) is 5.69 Å². The number of unbranched alkanes of at least 4 members (excludes halogenated alkanes) is 4. The van der Waals surface area contributed by atoms with Crippen molar-refractivity contribution in [3.8, 4) is 0 Å². The van der Waals surface area contributed by atoms with Crippen LogP contribution in [0, 0.1) is 0 Å². The van der Waals surface area contributed by atoms with E-state index in [2.05, 4.69) is 28.2 Å². The number of carbonyl (C=O) groups is 2. The van der Waals surface area contributed by atoms with Crippen LogP contribution in [0.25, 0.3) is 0 Å². The molecule has 4 heteroatoms. The lowest BCUT2D eigenvalue weighted by Gasteiger charge is -2.30. The largest absolute Gasteiger partial charge is 0.324 e. The first-order chi connectivity index (χ1) is 9.59. The van der Waals surface area contributed by atoms with Gasteiger partial charge in [-0.25, -0.2) is 0 Å². The summed E-state index contributed by atoms with van der Waals surface area (Å²) < 4.78 is -1.09. The molecule has 1 aliphatic heterocycles. The highest BCUT2D eigenvalue weighted by atomic mass is 79.9. The van der Waals surface area contributed by atoms with E-state index in [4.69, 9.17) is 0 Å². The molecule has 1 N–H and O–H groups in total. The lowest BCUT2D eigenvalue weighted by molar-refractivity contribution is -0.117. The summed E-state index contributed by atoms with van der Waals surface area (Å²) in [6.07, 6.45) is 6.04. The number of alkyl halides is 1. The third kappa shape index (κ3) is 2.95. The van der Waals surface area contributed by atoms with Crippen molar-refractivity contribution in [3.63, 3.8) is 0 Å². The first-order valence-electron chi connectivity index (χ1n) is 7.24. The second-order valence-corrected chi connectivity index (χ2v) is 6.65. The standard InChI is InChI=1S/C16H20BrNO2/c1-2-3-4-5-8-11-16(17)14(19)12-9-6-7-10-13(12)18-15(16)20/h6-7,9-10H,2-5,8,11H2,1H3,(H,18,20). The average Bonchev–Trinajstić information content (AvgIpc) is 2.45. The predicted octanol–water partition coefficient (Wildman–Crippen LogP) is 4.32. The number of Topliss-reactive ketones (excluding diaryl/α,β-unsaturated/α-hetero) is 1. The number of halogens is 1. The van der Waals surface area contributed by atoms with Crippen molar-refractivity contribution >= 4 is 33.3 Å². The molecule has 1 heterocycles. The van der Waals surface area contributed by atoms with E-state index in [1.165, 1.54) is 12.8 Å². The second kappa shape index (κ2) is 6.53. The maximum Gasteiger partial charge on any atom is 0.249 e. The Balaban J connectivity index is 2.07. The van der Waals surface area contributed by atoms with E-state index in [1.807, 2.05) is 12.1 Å². The summed E-state index contributed by atoms with van der Waals surface area (Å²) in [6.45, 7) is 2.17. The second-order valence-electron chi connectivity index (χ2n) is 5.29. The van der Waals surface area contributed by atoms with Gasteiger partial charge in [-0.1, -0.05) is 67.1 Å². The number of benzene rings is 1. The van der Waals surface area contributed by atoms with Gasteiger partial charge in [0.15, 0.2) is 10.1 Å². The van der Waals surface area contributed by atoms with E-state index in [9.17, 15) is 9.59 Å². The third-order valence-corrected chi connectivity index (χ3v) is 4.88. The molecule has 1 aliphatic rings. The maximum atomic E-state index is 12.6. The molecule has 1 aromatic rings. The Labute approximate surface area is 128 Å². The molecule has 3 nitrogen and oxygen atoms in total. The number of amides is 1. The molecule has 0 bridgehead atoms. The van der Waals surface area contributed by atoms with Gasteiger partial charge in [-0.3, -0.25) is 9.59 Å². The number of nitrogens with one attached hydrogen (secondary N) is 1. The molecule has 1 unspecified atom stereocenters. The zero-order chi connectivity index (χ0) is 14.6. The van der Waals surface area contributed by atoms with Gasteiger partial charge >= 0.3 is 0 Å². The average molecular weight is 338 g/mol. The summed E-state index contributed by atoms with van der Waals surface area (Å²) in [5, 5.41) is 2.83. The van der Waals surface area contributed by atoms with Gasteiger partial charge in [0, 0.05) is 5.56 Å². The fourth-order valence-electron chi connectivity index (χ4n) is 2.53. The maximum absolute atomic E-state index is 12.6. The van der Waals surface area contributed by atoms with Crippen LogP contribution in [0.5, 0.6) is 0 Å². The molecule has 0 radical (unpaired) electrons. The van der Waals surface area contributed by atoms with E-state index in [-0.39, 0.29) is 11.7 Å². The lowest BCUT2D eigenvalue weighted by atomic mass is 9.87. The molecule has 2 rings (SSSR count). The molecule has 0 aliphatic carbocycles. The Hall–Kier alpha value is -1.16. The lowest BCUT2D eigenvalue weighted by Crippen LogP contribution is -2.48. The molecule has 0 aromatic heterocycles. The highest BCUT2D eigenvalue weighted by molar-refractivity contribution is 9.10. The zero-order valence-corrected chi connectivity index (χ0v) is 13.3. The van der Waals surface area contributed by atoms with Gasteiger partial charge in [0.1, 0.15) is 0 Å². The fourth-order valence-corrected chi connectivity index (χ4v) is 3.12. The van der Waals surface area contributed by atoms with Crippen molar-refractivity contribution in [3.05, 3.63) is 29.8 Å². The Morgan fingerprint density at radius 2 is 1.80 bits per heavy atom. The van der Waals surface area contributed by atoms with Gasteiger partial charge in [-0.2, -0.15) is 0 Å². The number of carbonyl (C=O) groups excluding carboxylic acids is 2. The van der Waals surface area contributed by atoms with E-state index in [0.717, 1.165) is 19.3 Å². The first-order valence-corrected chi connectivity index (χ1v) is 8.03. The van der Waals surface area contributed by atoms with Crippen molar-refractivity contribution in [1.82, 2.24) is 0 Å². The quantitative estimate of drug-likeness (QED) is 0.477. The molecule has 1 aromatic carbocycles.